The summed E-state index contributed by atoms with van der Waals surface area (Å²) < 4.78 is 7.46. The zero-order valence-corrected chi connectivity index (χ0v) is 32.8. The minimum absolute atomic E-state index is 0.106. The molecule has 3 aromatic heterocycles. The normalized spacial score (nSPS) is 15.2. The largest absolute Gasteiger partial charge is 0.309 e. The lowest BCUT2D eigenvalue weighted by atomic mass is 9.63. The smallest absolute Gasteiger partial charge is 0.0562 e. The molecule has 1 aliphatic rings. The highest BCUT2D eigenvalue weighted by Gasteiger charge is 2.38. The van der Waals surface area contributed by atoms with Crippen molar-refractivity contribution in [3.8, 4) is 17.1 Å². The lowest BCUT2D eigenvalue weighted by Gasteiger charge is -2.42. The van der Waals surface area contributed by atoms with Gasteiger partial charge in [0.2, 0.25) is 0 Å². The number of hydrogen-bond donors (Lipinski definition) is 0. The first-order chi connectivity index (χ1) is 27.8. The quantitative estimate of drug-likeness (QED) is 0.172. The summed E-state index contributed by atoms with van der Waals surface area (Å²) in [6.07, 6.45) is 2.37. The van der Waals surface area contributed by atoms with Crippen LogP contribution >= 0.6 is 0 Å². The van der Waals surface area contributed by atoms with Crippen LogP contribution in [0.15, 0.2) is 164 Å². The van der Waals surface area contributed by atoms with Crippen LogP contribution < -0.4 is 0 Å². The van der Waals surface area contributed by atoms with Crippen molar-refractivity contribution in [1.82, 2.24) is 13.7 Å². The molecule has 0 atom stereocenters. The molecule has 0 saturated carbocycles. The summed E-state index contributed by atoms with van der Waals surface area (Å²) in [5.74, 6) is 0. The maximum Gasteiger partial charge on any atom is 0.0562 e. The average molecular weight is 734 g/mol. The predicted molar refractivity (Wildman–Crippen MR) is 242 cm³/mol. The van der Waals surface area contributed by atoms with E-state index in [-0.39, 0.29) is 10.8 Å². The van der Waals surface area contributed by atoms with Gasteiger partial charge >= 0.3 is 0 Å². The van der Waals surface area contributed by atoms with Crippen LogP contribution in [0.3, 0.4) is 0 Å². The molecular formula is C54H43N3. The fraction of sp³-hybridized carbons (Fsp3) is 0.148. The monoisotopic (exact) mass is 733 g/mol. The Hall–Kier alpha value is -6.58. The first kappa shape index (κ1) is 32.6. The van der Waals surface area contributed by atoms with E-state index in [1.54, 1.807) is 0 Å². The van der Waals surface area contributed by atoms with Gasteiger partial charge in [-0.05, 0) is 118 Å². The van der Waals surface area contributed by atoms with E-state index in [1.165, 1.54) is 106 Å². The molecule has 0 fully saturated rings. The molecule has 0 aliphatic heterocycles. The van der Waals surface area contributed by atoms with Gasteiger partial charge in [0.1, 0.15) is 0 Å². The van der Waals surface area contributed by atoms with Crippen molar-refractivity contribution in [3.05, 3.63) is 175 Å². The van der Waals surface area contributed by atoms with Gasteiger partial charge in [0.15, 0.2) is 0 Å². The molecule has 0 N–H and O–H groups in total. The summed E-state index contributed by atoms with van der Waals surface area (Å²) in [6.45, 7) is 9.75. The van der Waals surface area contributed by atoms with Gasteiger partial charge in [-0.1, -0.05) is 119 Å². The fourth-order valence-corrected chi connectivity index (χ4v) is 10.5. The number of benzene rings is 8. The molecule has 0 bridgehead atoms. The number of rotatable bonds is 3. The number of fused-ring (bicyclic) bond motifs is 12. The molecule has 0 unspecified atom stereocenters. The molecular weight excluding hydrogens is 691 g/mol. The Bertz CT molecular complexity index is 3410. The summed E-state index contributed by atoms with van der Waals surface area (Å²) in [5.41, 5.74) is 14.0. The Balaban J connectivity index is 1.22. The molecule has 3 nitrogen and oxygen atoms in total. The highest BCUT2D eigenvalue weighted by atomic mass is 15.0. The fourth-order valence-electron chi connectivity index (χ4n) is 10.5. The Labute approximate surface area is 332 Å². The van der Waals surface area contributed by atoms with Crippen LogP contribution in [0.2, 0.25) is 0 Å². The lowest BCUT2D eigenvalue weighted by Crippen LogP contribution is -2.33. The number of nitrogens with zero attached hydrogens (tertiary/aromatic N) is 3. The summed E-state index contributed by atoms with van der Waals surface area (Å²) >= 11 is 0. The van der Waals surface area contributed by atoms with Crippen LogP contribution in [0.5, 0.6) is 0 Å². The van der Waals surface area contributed by atoms with Gasteiger partial charge in [-0.2, -0.15) is 0 Å². The van der Waals surface area contributed by atoms with E-state index in [0.717, 1.165) is 11.4 Å². The Morgan fingerprint density at radius 2 is 0.842 bits per heavy atom. The van der Waals surface area contributed by atoms with E-state index in [0.29, 0.717) is 0 Å². The molecule has 274 valence electrons. The molecule has 11 aromatic rings. The van der Waals surface area contributed by atoms with Crippen molar-refractivity contribution in [2.24, 2.45) is 0 Å². The second kappa shape index (κ2) is 11.5. The van der Waals surface area contributed by atoms with Crippen LogP contribution in [0, 0.1) is 0 Å². The van der Waals surface area contributed by atoms with Crippen LogP contribution in [-0.2, 0) is 10.8 Å². The molecule has 0 amide bonds. The summed E-state index contributed by atoms with van der Waals surface area (Å²) in [4.78, 5) is 0. The van der Waals surface area contributed by atoms with Gasteiger partial charge in [0, 0.05) is 49.4 Å². The van der Waals surface area contributed by atoms with Crippen LogP contribution in [0.4, 0.5) is 0 Å². The summed E-state index contributed by atoms with van der Waals surface area (Å²) in [5, 5.41) is 10.3. The van der Waals surface area contributed by atoms with Crippen LogP contribution in [0.1, 0.15) is 51.7 Å². The minimum atomic E-state index is 0.106. The van der Waals surface area contributed by atoms with Gasteiger partial charge < -0.3 is 13.7 Å². The maximum absolute atomic E-state index is 2.56. The molecule has 0 spiro atoms. The molecule has 1 aliphatic carbocycles. The first-order valence-corrected chi connectivity index (χ1v) is 20.4. The highest BCUT2D eigenvalue weighted by Crippen LogP contribution is 2.49. The third-order valence-corrected chi connectivity index (χ3v) is 13.5. The van der Waals surface area contributed by atoms with Crippen molar-refractivity contribution in [3.63, 3.8) is 0 Å². The van der Waals surface area contributed by atoms with Crippen LogP contribution in [-0.4, -0.2) is 13.7 Å². The Morgan fingerprint density at radius 3 is 1.54 bits per heavy atom. The van der Waals surface area contributed by atoms with E-state index in [1.807, 2.05) is 0 Å². The first-order valence-electron chi connectivity index (χ1n) is 20.4. The Morgan fingerprint density at radius 1 is 0.333 bits per heavy atom. The molecule has 8 aromatic carbocycles. The average Bonchev–Trinajstić information content (AvgIpc) is 3.87. The van der Waals surface area contributed by atoms with Crippen molar-refractivity contribution in [2.75, 3.05) is 0 Å². The van der Waals surface area contributed by atoms with E-state index >= 15 is 0 Å². The molecule has 3 heteroatoms. The molecule has 12 rings (SSSR count). The topological polar surface area (TPSA) is 14.8 Å². The summed E-state index contributed by atoms with van der Waals surface area (Å²) in [7, 11) is 0. The number of para-hydroxylation sites is 3. The highest BCUT2D eigenvalue weighted by molar-refractivity contribution is 6.25. The molecule has 3 heterocycles. The van der Waals surface area contributed by atoms with Crippen molar-refractivity contribution < 1.29 is 0 Å². The third-order valence-electron chi connectivity index (χ3n) is 13.5. The zero-order chi connectivity index (χ0) is 38.2. The van der Waals surface area contributed by atoms with Gasteiger partial charge in [0.05, 0.1) is 33.1 Å². The van der Waals surface area contributed by atoms with E-state index < -0.39 is 0 Å². The minimum Gasteiger partial charge on any atom is -0.309 e. The maximum atomic E-state index is 2.56. The summed E-state index contributed by atoms with van der Waals surface area (Å²) in [6, 6.07) is 61.3. The molecule has 0 saturated heterocycles. The zero-order valence-electron chi connectivity index (χ0n) is 32.8. The molecule has 57 heavy (non-hydrogen) atoms. The van der Waals surface area contributed by atoms with Crippen LogP contribution in [0.25, 0.3) is 93.3 Å². The SMILES string of the molecule is CC1(C)CCC(C)(C)c2cc3c(cc21)c1cc2c4c5ccccc5ccc4n(-c4cccc(-n5c6ccccc6c6ccccc65)c4)c2cc1n3-c1ccccc1. The Kier molecular flexibility index (Phi) is 6.58. The second-order valence-corrected chi connectivity index (χ2v) is 17.6. The van der Waals surface area contributed by atoms with Gasteiger partial charge in [-0.25, -0.2) is 0 Å². The van der Waals surface area contributed by atoms with Gasteiger partial charge in [0.25, 0.3) is 0 Å². The standard InChI is InChI=1S/C54H43N3/c1-53(2)27-28-54(3,4)45-32-49-42(31-44(45)53)41-30-43-51(33-50(41)55(49)35-16-6-5-7-17-35)57(48-26-25-34-15-8-9-20-38(34)52(43)48)37-19-14-18-36(29-37)56-46-23-12-10-21-39(46)40-22-11-13-24-47(40)56/h5-26,29-33H,27-28H2,1-4H3. The number of hydrogen-bond acceptors (Lipinski definition) is 0. The predicted octanol–water partition coefficient (Wildman–Crippen LogP) is 14.5. The van der Waals surface area contributed by atoms with Crippen molar-refractivity contribution >= 4 is 76.2 Å². The van der Waals surface area contributed by atoms with Crippen molar-refractivity contribution in [1.29, 1.82) is 0 Å². The van der Waals surface area contributed by atoms with E-state index in [4.69, 9.17) is 0 Å². The second-order valence-electron chi connectivity index (χ2n) is 17.6. The third kappa shape index (κ3) is 4.54. The van der Waals surface area contributed by atoms with Crippen molar-refractivity contribution in [2.45, 2.75) is 51.4 Å². The van der Waals surface area contributed by atoms with E-state index in [2.05, 4.69) is 205 Å². The lowest BCUT2D eigenvalue weighted by molar-refractivity contribution is 0.332. The number of aromatic nitrogens is 3. The van der Waals surface area contributed by atoms with Gasteiger partial charge in [-0.3, -0.25) is 0 Å². The molecule has 0 radical (unpaired) electrons. The van der Waals surface area contributed by atoms with Gasteiger partial charge in [-0.15, -0.1) is 0 Å². The van der Waals surface area contributed by atoms with E-state index in [9.17, 15) is 0 Å².